The molecule has 0 unspecified atom stereocenters. The van der Waals surface area contributed by atoms with Crippen molar-refractivity contribution in [2.24, 2.45) is 7.05 Å². The Morgan fingerprint density at radius 1 is 1.15 bits per heavy atom. The number of aromatic nitrogens is 4. The minimum Gasteiger partial charge on any atom is -0.325 e. The molecule has 0 saturated heterocycles. The van der Waals surface area contributed by atoms with Crippen molar-refractivity contribution in [3.05, 3.63) is 27.2 Å². The van der Waals surface area contributed by atoms with Gasteiger partial charge in [-0.25, -0.2) is 9.78 Å². The zero-order valence-electron chi connectivity index (χ0n) is 12.2. The fourth-order valence-corrected chi connectivity index (χ4v) is 2.42. The first-order chi connectivity index (χ1) is 9.65. The van der Waals surface area contributed by atoms with Gasteiger partial charge in [0.15, 0.2) is 11.2 Å². The summed E-state index contributed by atoms with van der Waals surface area (Å²) in [7, 11) is 1.61. The van der Waals surface area contributed by atoms with Crippen LogP contribution in [0.5, 0.6) is 0 Å². The van der Waals surface area contributed by atoms with E-state index in [2.05, 4.69) is 16.9 Å². The molecule has 2 rings (SSSR count). The smallest absolute Gasteiger partial charge is 0.325 e. The number of imidazole rings is 1. The quantitative estimate of drug-likeness (QED) is 0.785. The van der Waals surface area contributed by atoms with Crippen molar-refractivity contribution < 1.29 is 0 Å². The predicted molar refractivity (Wildman–Crippen MR) is 79.0 cm³/mol. The summed E-state index contributed by atoms with van der Waals surface area (Å²) in [5, 5.41) is 0. The van der Waals surface area contributed by atoms with E-state index >= 15 is 0 Å². The Bertz CT molecular complexity index is 681. The molecule has 0 atom stereocenters. The van der Waals surface area contributed by atoms with Crippen molar-refractivity contribution in [2.45, 2.75) is 52.0 Å². The van der Waals surface area contributed by atoms with Crippen LogP contribution in [0.15, 0.2) is 15.9 Å². The Kier molecular flexibility index (Phi) is 4.76. The van der Waals surface area contributed by atoms with E-state index in [-0.39, 0.29) is 5.56 Å². The third-order valence-corrected chi connectivity index (χ3v) is 3.63. The van der Waals surface area contributed by atoms with Crippen molar-refractivity contribution in [3.63, 3.8) is 0 Å². The number of unbranched alkanes of at least 4 members (excludes halogenated alkanes) is 5. The number of nitrogens with one attached hydrogen (secondary N) is 1. The van der Waals surface area contributed by atoms with Crippen LogP contribution < -0.4 is 11.2 Å². The summed E-state index contributed by atoms with van der Waals surface area (Å²) >= 11 is 0. The summed E-state index contributed by atoms with van der Waals surface area (Å²) in [6.07, 6.45) is 8.86. The second-order valence-corrected chi connectivity index (χ2v) is 5.20. The topological polar surface area (TPSA) is 72.7 Å². The first kappa shape index (κ1) is 14.6. The van der Waals surface area contributed by atoms with Gasteiger partial charge < -0.3 is 4.57 Å². The molecule has 0 aliphatic rings. The van der Waals surface area contributed by atoms with Crippen molar-refractivity contribution in [2.75, 3.05) is 0 Å². The Hall–Kier alpha value is -1.85. The monoisotopic (exact) mass is 278 g/mol. The number of hydrogen-bond donors (Lipinski definition) is 1. The van der Waals surface area contributed by atoms with Crippen LogP contribution in [0, 0.1) is 0 Å². The van der Waals surface area contributed by atoms with Gasteiger partial charge in [-0.1, -0.05) is 39.0 Å². The van der Waals surface area contributed by atoms with Gasteiger partial charge in [-0.3, -0.25) is 14.3 Å². The van der Waals surface area contributed by atoms with Crippen LogP contribution >= 0.6 is 0 Å². The molecule has 2 aromatic heterocycles. The number of aryl methyl sites for hydroxylation is 2. The third-order valence-electron chi connectivity index (χ3n) is 3.63. The predicted octanol–water partition coefficient (Wildman–Crippen LogP) is 1.78. The molecule has 2 aromatic rings. The number of fused-ring (bicyclic) bond motifs is 1. The summed E-state index contributed by atoms with van der Waals surface area (Å²) in [5.74, 6) is 0. The minimum atomic E-state index is -0.424. The van der Waals surface area contributed by atoms with Gasteiger partial charge in [0.2, 0.25) is 0 Å². The van der Waals surface area contributed by atoms with Gasteiger partial charge in [-0.2, -0.15) is 0 Å². The number of H-pyrrole nitrogens is 1. The summed E-state index contributed by atoms with van der Waals surface area (Å²) in [6, 6.07) is 0. The van der Waals surface area contributed by atoms with E-state index in [0.29, 0.717) is 11.2 Å². The molecule has 0 aromatic carbocycles. The number of rotatable bonds is 7. The lowest BCUT2D eigenvalue weighted by Gasteiger charge is -2.04. The molecule has 0 aliphatic heterocycles. The molecule has 0 radical (unpaired) electrons. The van der Waals surface area contributed by atoms with Gasteiger partial charge >= 0.3 is 5.69 Å². The van der Waals surface area contributed by atoms with Crippen molar-refractivity contribution in [3.8, 4) is 0 Å². The van der Waals surface area contributed by atoms with Crippen molar-refractivity contribution in [1.82, 2.24) is 19.1 Å². The maximum absolute atomic E-state index is 11.9. The van der Waals surface area contributed by atoms with Gasteiger partial charge in [0, 0.05) is 13.6 Å². The van der Waals surface area contributed by atoms with Gasteiger partial charge in [-0.15, -0.1) is 0 Å². The number of aromatic amines is 1. The largest absolute Gasteiger partial charge is 0.329 e. The molecular weight excluding hydrogens is 256 g/mol. The van der Waals surface area contributed by atoms with Gasteiger partial charge in [-0.05, 0) is 6.42 Å². The van der Waals surface area contributed by atoms with E-state index in [1.54, 1.807) is 13.4 Å². The van der Waals surface area contributed by atoms with Crippen LogP contribution in [0.25, 0.3) is 11.2 Å². The second-order valence-electron chi connectivity index (χ2n) is 5.20. The summed E-state index contributed by atoms with van der Waals surface area (Å²) in [5.41, 5.74) is 0.157. The van der Waals surface area contributed by atoms with Crippen LogP contribution in [0.4, 0.5) is 0 Å². The summed E-state index contributed by atoms with van der Waals surface area (Å²) < 4.78 is 3.21. The van der Waals surface area contributed by atoms with Crippen molar-refractivity contribution in [1.29, 1.82) is 0 Å². The first-order valence-corrected chi connectivity index (χ1v) is 7.29. The Morgan fingerprint density at radius 3 is 2.60 bits per heavy atom. The van der Waals surface area contributed by atoms with Crippen molar-refractivity contribution >= 4 is 11.2 Å². The zero-order valence-corrected chi connectivity index (χ0v) is 12.2. The lowest BCUT2D eigenvalue weighted by Crippen LogP contribution is -2.29. The molecule has 0 fully saturated rings. The molecule has 0 aliphatic carbocycles. The summed E-state index contributed by atoms with van der Waals surface area (Å²) in [4.78, 5) is 29.9. The minimum absolute atomic E-state index is 0.355. The molecule has 110 valence electrons. The highest BCUT2D eigenvalue weighted by molar-refractivity contribution is 5.69. The van der Waals surface area contributed by atoms with Crippen LogP contribution in [0.1, 0.15) is 45.4 Å². The maximum atomic E-state index is 11.9. The highest BCUT2D eigenvalue weighted by atomic mass is 16.2. The molecule has 0 spiro atoms. The van der Waals surface area contributed by atoms with E-state index in [9.17, 15) is 9.59 Å². The highest BCUT2D eigenvalue weighted by Crippen LogP contribution is 2.09. The molecule has 0 bridgehead atoms. The van der Waals surface area contributed by atoms with E-state index < -0.39 is 5.69 Å². The zero-order chi connectivity index (χ0) is 14.5. The van der Waals surface area contributed by atoms with Gasteiger partial charge in [0.05, 0.1) is 6.33 Å². The van der Waals surface area contributed by atoms with E-state index in [4.69, 9.17) is 0 Å². The van der Waals surface area contributed by atoms with Crippen LogP contribution in [0.3, 0.4) is 0 Å². The standard InChI is InChI=1S/C14H22N4O2/c1-3-4-5-6-7-8-9-18-10-15-12-11(18)13(19)16-14(20)17(12)2/h10H,3-9H2,1-2H3,(H,16,19,20). The molecule has 20 heavy (non-hydrogen) atoms. The molecule has 6 heteroatoms. The molecular formula is C14H22N4O2. The molecule has 2 heterocycles. The average Bonchev–Trinajstić information content (AvgIpc) is 2.85. The number of nitrogens with zero attached hydrogens (tertiary/aromatic N) is 3. The van der Waals surface area contributed by atoms with Crippen LogP contribution in [-0.2, 0) is 13.6 Å². The number of hydrogen-bond acceptors (Lipinski definition) is 3. The van der Waals surface area contributed by atoms with Gasteiger partial charge in [0.1, 0.15) is 0 Å². The molecule has 0 amide bonds. The maximum Gasteiger partial charge on any atom is 0.329 e. The third kappa shape index (κ3) is 3.00. The molecule has 0 saturated carbocycles. The lowest BCUT2D eigenvalue weighted by molar-refractivity contribution is 0.563. The van der Waals surface area contributed by atoms with Crippen LogP contribution in [-0.4, -0.2) is 19.1 Å². The molecule has 6 nitrogen and oxygen atoms in total. The Balaban J connectivity index is 2.07. The lowest BCUT2D eigenvalue weighted by atomic mass is 10.1. The highest BCUT2D eigenvalue weighted by Gasteiger charge is 2.10. The van der Waals surface area contributed by atoms with E-state index in [1.165, 1.54) is 30.3 Å². The fraction of sp³-hybridized carbons (Fsp3) is 0.643. The molecule has 1 N–H and O–H groups in total. The normalized spacial score (nSPS) is 11.3. The van der Waals surface area contributed by atoms with E-state index in [1.807, 2.05) is 4.57 Å². The fourth-order valence-electron chi connectivity index (χ4n) is 2.42. The van der Waals surface area contributed by atoms with Gasteiger partial charge in [0.25, 0.3) is 5.56 Å². The second kappa shape index (κ2) is 6.54. The Morgan fingerprint density at radius 2 is 1.85 bits per heavy atom. The van der Waals surface area contributed by atoms with E-state index in [0.717, 1.165) is 19.4 Å². The summed E-state index contributed by atoms with van der Waals surface area (Å²) in [6.45, 7) is 2.97. The van der Waals surface area contributed by atoms with Crippen LogP contribution in [0.2, 0.25) is 0 Å². The Labute approximate surface area is 117 Å². The SMILES string of the molecule is CCCCCCCCn1cnc2c1c(=O)[nH]c(=O)n2C. The first-order valence-electron chi connectivity index (χ1n) is 7.29. The average molecular weight is 278 g/mol.